The third-order valence-electron chi connectivity index (χ3n) is 3.54. The van der Waals surface area contributed by atoms with E-state index in [-0.39, 0.29) is 11.8 Å². The fraction of sp³-hybridized carbons (Fsp3) is 0.286. The fourth-order valence-corrected chi connectivity index (χ4v) is 2.80. The first-order valence-electron chi connectivity index (χ1n) is 6.17. The van der Waals surface area contributed by atoms with Gasteiger partial charge in [0.2, 0.25) is 0 Å². The zero-order valence-electron chi connectivity index (χ0n) is 10.2. The lowest BCUT2D eigenvalue weighted by Crippen LogP contribution is -2.45. The van der Waals surface area contributed by atoms with Gasteiger partial charge >= 0.3 is 0 Å². The molecule has 96 valence electrons. The van der Waals surface area contributed by atoms with E-state index < -0.39 is 0 Å². The number of hydrogen-bond acceptors (Lipinski definition) is 4. The number of nitrogens with zero attached hydrogens (tertiary/aromatic N) is 2. The third-order valence-corrected chi connectivity index (χ3v) is 3.77. The smallest absolute Gasteiger partial charge is 0.107 e. The van der Waals surface area contributed by atoms with Gasteiger partial charge in [0.25, 0.3) is 0 Å². The molecule has 0 amide bonds. The van der Waals surface area contributed by atoms with Crippen LogP contribution in [0.4, 0.5) is 0 Å². The Kier molecular flexibility index (Phi) is 3.24. The topological polar surface area (TPSA) is 60.2 Å². The van der Waals surface area contributed by atoms with Crippen molar-refractivity contribution in [2.24, 2.45) is 10.9 Å². The van der Waals surface area contributed by atoms with E-state index in [0.717, 1.165) is 17.9 Å². The van der Waals surface area contributed by atoms with Crippen molar-refractivity contribution in [3.8, 4) is 6.07 Å². The second-order valence-corrected chi connectivity index (χ2v) is 5.07. The van der Waals surface area contributed by atoms with Crippen LogP contribution in [0.15, 0.2) is 35.5 Å². The highest BCUT2D eigenvalue weighted by atomic mass is 35.5. The maximum absolute atomic E-state index is 9.28. The molecule has 1 aromatic rings. The number of nitriles is 1. The Labute approximate surface area is 116 Å². The second kappa shape index (κ2) is 5.04. The molecule has 0 saturated carbocycles. The predicted octanol–water partition coefficient (Wildman–Crippen LogP) is 1.99. The van der Waals surface area contributed by atoms with Gasteiger partial charge in [0, 0.05) is 23.4 Å². The van der Waals surface area contributed by atoms with Crippen LogP contribution in [0, 0.1) is 17.2 Å². The molecule has 3 rings (SSSR count). The van der Waals surface area contributed by atoms with E-state index in [0.29, 0.717) is 17.3 Å². The molecule has 5 heteroatoms. The number of halogens is 1. The molecular formula is C14H13ClN4. The number of benzene rings is 1. The lowest BCUT2D eigenvalue weighted by molar-refractivity contribution is 0.503. The molecule has 1 aromatic carbocycles. The number of allylic oxidation sites excluding steroid dienone is 1. The van der Waals surface area contributed by atoms with Gasteiger partial charge in [-0.2, -0.15) is 5.26 Å². The van der Waals surface area contributed by atoms with Gasteiger partial charge in [0.15, 0.2) is 0 Å². The lowest BCUT2D eigenvalue weighted by atomic mass is 9.81. The van der Waals surface area contributed by atoms with E-state index in [1.807, 2.05) is 18.3 Å². The minimum absolute atomic E-state index is 0.153. The highest BCUT2D eigenvalue weighted by molar-refractivity contribution is 6.30. The van der Waals surface area contributed by atoms with Crippen LogP contribution < -0.4 is 10.6 Å². The van der Waals surface area contributed by atoms with Crippen LogP contribution in [0.5, 0.6) is 0 Å². The summed E-state index contributed by atoms with van der Waals surface area (Å²) < 4.78 is 0. The Hall–Kier alpha value is -1.83. The largest absolute Gasteiger partial charge is 0.350 e. The van der Waals surface area contributed by atoms with Crippen molar-refractivity contribution in [3.63, 3.8) is 0 Å². The highest BCUT2D eigenvalue weighted by Gasteiger charge is 2.31. The number of aliphatic imine (C=N–C) groups is 1. The molecule has 2 N–H and O–H groups in total. The quantitative estimate of drug-likeness (QED) is 0.822. The molecule has 2 aliphatic rings. The molecule has 0 aromatic heterocycles. The Balaban J connectivity index is 2.04. The molecule has 0 radical (unpaired) electrons. The number of amidine groups is 1. The molecule has 4 nitrogen and oxygen atoms in total. The van der Waals surface area contributed by atoms with Crippen molar-refractivity contribution in [2.45, 2.75) is 5.92 Å². The van der Waals surface area contributed by atoms with Crippen LogP contribution in [-0.4, -0.2) is 19.0 Å². The lowest BCUT2D eigenvalue weighted by Gasteiger charge is -2.33. The first kappa shape index (κ1) is 12.2. The summed E-state index contributed by atoms with van der Waals surface area (Å²) in [4.78, 5) is 4.43. The van der Waals surface area contributed by atoms with E-state index in [1.165, 1.54) is 0 Å². The molecule has 0 aliphatic carbocycles. The maximum Gasteiger partial charge on any atom is 0.107 e. The summed E-state index contributed by atoms with van der Waals surface area (Å²) in [6, 6.07) is 7.72. The predicted molar refractivity (Wildman–Crippen MR) is 75.0 cm³/mol. The van der Waals surface area contributed by atoms with Gasteiger partial charge < -0.3 is 5.32 Å². The van der Waals surface area contributed by atoms with Gasteiger partial charge in [-0.15, -0.1) is 0 Å². The summed E-state index contributed by atoms with van der Waals surface area (Å²) in [6.45, 7) is 1.50. The van der Waals surface area contributed by atoms with Gasteiger partial charge in [-0.1, -0.05) is 23.7 Å². The van der Waals surface area contributed by atoms with Crippen molar-refractivity contribution < 1.29 is 0 Å². The van der Waals surface area contributed by atoms with Gasteiger partial charge in [-0.25, -0.2) is 0 Å². The first-order chi connectivity index (χ1) is 9.29. The van der Waals surface area contributed by atoms with E-state index in [2.05, 4.69) is 27.8 Å². The molecule has 0 bridgehead atoms. The number of rotatable bonds is 1. The van der Waals surface area contributed by atoms with E-state index in [1.54, 1.807) is 6.07 Å². The standard InChI is InChI=1S/C14H13ClN4/c15-10-1-2-11(9(5-10)6-16)12-3-4-18-14-13(12)7-17-8-19-14/h1-5,12-13,17H,7-8H2,(H,18,19). The van der Waals surface area contributed by atoms with Gasteiger partial charge in [0.05, 0.1) is 18.3 Å². The Morgan fingerprint density at radius 3 is 3.16 bits per heavy atom. The second-order valence-electron chi connectivity index (χ2n) is 4.63. The Morgan fingerprint density at radius 2 is 2.32 bits per heavy atom. The number of hydrogen-bond donors (Lipinski definition) is 2. The summed E-state index contributed by atoms with van der Waals surface area (Å²) >= 11 is 5.95. The Morgan fingerprint density at radius 1 is 1.42 bits per heavy atom. The fourth-order valence-electron chi connectivity index (χ4n) is 2.63. The van der Waals surface area contributed by atoms with Gasteiger partial charge in [0.1, 0.15) is 5.84 Å². The van der Waals surface area contributed by atoms with Crippen LogP contribution in [0.25, 0.3) is 0 Å². The average molecular weight is 273 g/mol. The minimum Gasteiger partial charge on any atom is -0.350 e. The van der Waals surface area contributed by atoms with Crippen LogP contribution in [0.1, 0.15) is 17.0 Å². The van der Waals surface area contributed by atoms with Crippen LogP contribution >= 0.6 is 11.6 Å². The SMILES string of the molecule is N#Cc1cc(Cl)ccc1C1C=CNC2=NCNCC21. The van der Waals surface area contributed by atoms with E-state index in [4.69, 9.17) is 11.6 Å². The van der Waals surface area contributed by atoms with E-state index >= 15 is 0 Å². The summed E-state index contributed by atoms with van der Waals surface area (Å²) in [7, 11) is 0. The third kappa shape index (κ3) is 2.23. The zero-order valence-corrected chi connectivity index (χ0v) is 11.0. The summed E-state index contributed by atoms with van der Waals surface area (Å²) in [6.07, 6.45) is 3.99. The van der Waals surface area contributed by atoms with Crippen molar-refractivity contribution in [2.75, 3.05) is 13.2 Å². The Bertz CT molecular complexity index is 600. The molecule has 19 heavy (non-hydrogen) atoms. The summed E-state index contributed by atoms with van der Waals surface area (Å²) in [5, 5.41) is 16.3. The molecule has 0 spiro atoms. The molecule has 0 saturated heterocycles. The molecule has 2 heterocycles. The number of nitrogens with one attached hydrogen (secondary N) is 2. The monoisotopic (exact) mass is 272 g/mol. The molecule has 2 aliphatic heterocycles. The highest BCUT2D eigenvalue weighted by Crippen LogP contribution is 2.33. The van der Waals surface area contributed by atoms with Gasteiger partial charge in [-0.3, -0.25) is 10.3 Å². The number of fused-ring (bicyclic) bond motifs is 1. The maximum atomic E-state index is 9.28. The van der Waals surface area contributed by atoms with Crippen LogP contribution in [0.2, 0.25) is 5.02 Å². The van der Waals surface area contributed by atoms with Gasteiger partial charge in [-0.05, 0) is 23.9 Å². The normalized spacial score (nSPS) is 24.9. The van der Waals surface area contributed by atoms with Crippen molar-refractivity contribution >= 4 is 17.4 Å². The summed E-state index contributed by atoms with van der Waals surface area (Å²) in [5.41, 5.74) is 1.64. The average Bonchev–Trinajstić information content (AvgIpc) is 2.46. The molecule has 0 fully saturated rings. The summed E-state index contributed by atoms with van der Waals surface area (Å²) in [5.74, 6) is 1.39. The molecular weight excluding hydrogens is 260 g/mol. The van der Waals surface area contributed by atoms with Crippen LogP contribution in [-0.2, 0) is 0 Å². The minimum atomic E-state index is 0.153. The van der Waals surface area contributed by atoms with Crippen LogP contribution in [0.3, 0.4) is 0 Å². The molecule has 2 atom stereocenters. The van der Waals surface area contributed by atoms with Crippen molar-refractivity contribution in [3.05, 3.63) is 46.6 Å². The molecule has 2 unspecified atom stereocenters. The van der Waals surface area contributed by atoms with E-state index in [9.17, 15) is 5.26 Å². The first-order valence-corrected chi connectivity index (χ1v) is 6.55. The van der Waals surface area contributed by atoms with Crippen molar-refractivity contribution in [1.82, 2.24) is 10.6 Å². The van der Waals surface area contributed by atoms with Crippen molar-refractivity contribution in [1.29, 1.82) is 5.26 Å². The zero-order chi connectivity index (χ0) is 13.2.